The van der Waals surface area contributed by atoms with Crippen LogP contribution < -0.4 is 4.74 Å². The number of hydrogen-bond donors (Lipinski definition) is 0. The van der Waals surface area contributed by atoms with Gasteiger partial charge in [-0.15, -0.1) is 0 Å². The predicted molar refractivity (Wildman–Crippen MR) is 108 cm³/mol. The highest BCUT2D eigenvalue weighted by Gasteiger charge is 2.24. The van der Waals surface area contributed by atoms with E-state index in [-0.39, 0.29) is 18.4 Å². The summed E-state index contributed by atoms with van der Waals surface area (Å²) in [6.45, 7) is 1.53. The topological polar surface area (TPSA) is 52.6 Å². The Morgan fingerprint density at radius 3 is 1.93 bits per heavy atom. The number of rotatable bonds is 7. The molecule has 0 atom stereocenters. The lowest BCUT2D eigenvalue weighted by Gasteiger charge is -2.18. The van der Waals surface area contributed by atoms with Gasteiger partial charge in [0.15, 0.2) is 5.78 Å². The smallest absolute Gasteiger partial charge is 0.318 e. The summed E-state index contributed by atoms with van der Waals surface area (Å²) >= 11 is 0. The average molecular weight is 374 g/mol. The second-order valence-corrected chi connectivity index (χ2v) is 6.44. The molecule has 0 radical (unpaired) electrons. The van der Waals surface area contributed by atoms with Gasteiger partial charge in [-0.05, 0) is 36.2 Å². The first-order valence-corrected chi connectivity index (χ1v) is 9.04. The van der Waals surface area contributed by atoms with Gasteiger partial charge < -0.3 is 9.47 Å². The predicted octanol–water partition coefficient (Wildman–Crippen LogP) is 4.77. The zero-order valence-electron chi connectivity index (χ0n) is 15.9. The molecule has 0 spiro atoms. The van der Waals surface area contributed by atoms with Gasteiger partial charge in [-0.2, -0.15) is 0 Å². The van der Waals surface area contributed by atoms with E-state index in [0.717, 1.165) is 11.1 Å². The van der Waals surface area contributed by atoms with Crippen molar-refractivity contribution in [1.82, 2.24) is 0 Å². The van der Waals surface area contributed by atoms with Gasteiger partial charge in [0.25, 0.3) is 0 Å². The Morgan fingerprint density at radius 2 is 1.43 bits per heavy atom. The van der Waals surface area contributed by atoms with Gasteiger partial charge in [-0.1, -0.05) is 60.7 Å². The first kappa shape index (κ1) is 19.4. The molecule has 3 rings (SSSR count). The molecule has 4 heteroatoms. The maximum atomic E-state index is 13.0. The van der Waals surface area contributed by atoms with Crippen molar-refractivity contribution in [2.75, 3.05) is 7.11 Å². The molecular weight excluding hydrogens is 352 g/mol. The number of carbonyl (C=O) groups is 2. The number of ether oxygens (including phenoxy) is 2. The van der Waals surface area contributed by atoms with E-state index in [1.165, 1.54) is 6.92 Å². The van der Waals surface area contributed by atoms with Crippen molar-refractivity contribution in [3.05, 3.63) is 101 Å². The van der Waals surface area contributed by atoms with E-state index in [0.29, 0.717) is 16.9 Å². The normalized spacial score (nSPS) is 10.5. The van der Waals surface area contributed by atoms with E-state index in [1.54, 1.807) is 25.3 Å². The molecule has 0 saturated heterocycles. The highest BCUT2D eigenvalue weighted by molar-refractivity contribution is 5.94. The molecule has 28 heavy (non-hydrogen) atoms. The van der Waals surface area contributed by atoms with Crippen LogP contribution in [0.1, 0.15) is 39.9 Å². The molecule has 0 unspecified atom stereocenters. The number of hydrogen-bond acceptors (Lipinski definition) is 4. The molecule has 0 N–H and O–H groups in total. The summed E-state index contributed by atoms with van der Waals surface area (Å²) in [4.78, 5) is 24.7. The van der Waals surface area contributed by atoms with Crippen molar-refractivity contribution in [3.63, 3.8) is 0 Å². The van der Waals surface area contributed by atoms with Gasteiger partial charge in [-0.25, -0.2) is 0 Å². The third-order valence-electron chi connectivity index (χ3n) is 4.56. The Bertz CT molecular complexity index is 909. The quantitative estimate of drug-likeness (QED) is 0.441. The summed E-state index contributed by atoms with van der Waals surface area (Å²) in [5, 5.41) is 0. The molecule has 142 valence electrons. The first-order chi connectivity index (χ1) is 13.6. The molecule has 0 heterocycles. The van der Waals surface area contributed by atoms with Crippen LogP contribution in [0.4, 0.5) is 0 Å². The maximum Gasteiger partial charge on any atom is 0.318 e. The Morgan fingerprint density at radius 1 is 0.857 bits per heavy atom. The highest BCUT2D eigenvalue weighted by atomic mass is 16.5. The average Bonchev–Trinajstić information content (AvgIpc) is 2.73. The molecule has 0 aliphatic carbocycles. The van der Waals surface area contributed by atoms with E-state index in [2.05, 4.69) is 0 Å². The van der Waals surface area contributed by atoms with E-state index >= 15 is 0 Å². The van der Waals surface area contributed by atoms with Crippen LogP contribution in [0.3, 0.4) is 0 Å². The third-order valence-corrected chi connectivity index (χ3v) is 4.56. The van der Waals surface area contributed by atoms with Gasteiger partial charge in [-0.3, -0.25) is 9.59 Å². The number of ketones is 1. The second kappa shape index (κ2) is 9.00. The van der Waals surface area contributed by atoms with Gasteiger partial charge in [0.1, 0.15) is 18.3 Å². The minimum Gasteiger partial charge on any atom is -0.496 e. The fourth-order valence-corrected chi connectivity index (χ4v) is 3.10. The summed E-state index contributed by atoms with van der Waals surface area (Å²) in [5.74, 6) is -0.354. The summed E-state index contributed by atoms with van der Waals surface area (Å²) in [6.07, 6.45) is 0. The summed E-state index contributed by atoms with van der Waals surface area (Å²) in [6, 6.07) is 24.2. The molecule has 0 amide bonds. The lowest BCUT2D eigenvalue weighted by atomic mass is 9.91. The van der Waals surface area contributed by atoms with Crippen molar-refractivity contribution in [1.29, 1.82) is 0 Å². The van der Waals surface area contributed by atoms with Crippen molar-refractivity contribution in [3.8, 4) is 5.75 Å². The van der Waals surface area contributed by atoms with Crippen LogP contribution in [0.25, 0.3) is 0 Å². The fourth-order valence-electron chi connectivity index (χ4n) is 3.10. The Hall–Kier alpha value is -3.40. The van der Waals surface area contributed by atoms with Crippen LogP contribution in [0, 0.1) is 0 Å². The van der Waals surface area contributed by atoms with Crippen LogP contribution in [0.2, 0.25) is 0 Å². The van der Waals surface area contributed by atoms with Crippen LogP contribution in [-0.2, 0) is 16.1 Å². The number of methoxy groups -OCH3 is 1. The monoisotopic (exact) mass is 374 g/mol. The second-order valence-electron chi connectivity index (χ2n) is 6.44. The van der Waals surface area contributed by atoms with Gasteiger partial charge in [0, 0.05) is 11.1 Å². The van der Waals surface area contributed by atoms with E-state index in [9.17, 15) is 9.59 Å². The molecule has 0 fully saturated rings. The van der Waals surface area contributed by atoms with Crippen LogP contribution >= 0.6 is 0 Å². The van der Waals surface area contributed by atoms with Gasteiger partial charge in [0.05, 0.1) is 7.11 Å². The molecule has 0 aromatic heterocycles. The van der Waals surface area contributed by atoms with E-state index < -0.39 is 5.92 Å². The maximum absolute atomic E-state index is 13.0. The number of esters is 1. The summed E-state index contributed by atoms with van der Waals surface area (Å²) in [5.41, 5.74) is 2.93. The van der Waals surface area contributed by atoms with Crippen LogP contribution in [0.15, 0.2) is 78.9 Å². The molecule has 0 bridgehead atoms. The minimum absolute atomic E-state index is 0.0271. The van der Waals surface area contributed by atoms with Gasteiger partial charge in [0.2, 0.25) is 0 Å². The SMILES string of the molecule is COc1ccc(C(C)=O)cc1COC(=O)C(c1ccccc1)c1ccccc1. The van der Waals surface area contributed by atoms with Crippen molar-refractivity contribution in [2.45, 2.75) is 19.4 Å². The Labute approximate surface area is 164 Å². The van der Waals surface area contributed by atoms with Crippen LogP contribution in [0.5, 0.6) is 5.75 Å². The van der Waals surface area contributed by atoms with E-state index in [1.807, 2.05) is 60.7 Å². The highest BCUT2D eigenvalue weighted by Crippen LogP contribution is 2.27. The molecule has 4 nitrogen and oxygen atoms in total. The largest absolute Gasteiger partial charge is 0.496 e. The fraction of sp³-hybridized carbons (Fsp3) is 0.167. The molecular formula is C24H22O4. The minimum atomic E-state index is -0.524. The number of carbonyl (C=O) groups excluding carboxylic acids is 2. The third kappa shape index (κ3) is 4.46. The lowest BCUT2D eigenvalue weighted by molar-refractivity contribution is -0.145. The zero-order chi connectivity index (χ0) is 19.9. The molecule has 3 aromatic carbocycles. The molecule has 0 aliphatic rings. The number of benzene rings is 3. The van der Waals surface area contributed by atoms with Crippen molar-refractivity contribution < 1.29 is 19.1 Å². The first-order valence-electron chi connectivity index (χ1n) is 9.04. The molecule has 3 aromatic rings. The standard InChI is InChI=1S/C24H22O4/c1-17(25)20-13-14-22(27-2)21(15-20)16-28-24(26)23(18-9-5-3-6-10-18)19-11-7-4-8-12-19/h3-15,23H,16H2,1-2H3. The number of Topliss-reactive ketones (excluding diaryl/α,β-unsaturated/α-hetero) is 1. The molecule has 0 aliphatic heterocycles. The van der Waals surface area contributed by atoms with E-state index in [4.69, 9.17) is 9.47 Å². The van der Waals surface area contributed by atoms with Crippen molar-refractivity contribution in [2.24, 2.45) is 0 Å². The van der Waals surface area contributed by atoms with Crippen LogP contribution in [-0.4, -0.2) is 18.9 Å². The summed E-state index contributed by atoms with van der Waals surface area (Å²) in [7, 11) is 1.55. The lowest BCUT2D eigenvalue weighted by Crippen LogP contribution is -2.17. The van der Waals surface area contributed by atoms with Crippen molar-refractivity contribution >= 4 is 11.8 Å². The van der Waals surface area contributed by atoms with Gasteiger partial charge >= 0.3 is 5.97 Å². The molecule has 0 saturated carbocycles. The summed E-state index contributed by atoms with van der Waals surface area (Å²) < 4.78 is 11.0. The Balaban J connectivity index is 1.86. The Kier molecular flexibility index (Phi) is 6.22. The zero-order valence-corrected chi connectivity index (χ0v) is 15.9.